The maximum absolute atomic E-state index is 12.0. The van der Waals surface area contributed by atoms with Gasteiger partial charge in [0.2, 0.25) is 0 Å². The van der Waals surface area contributed by atoms with E-state index in [4.69, 9.17) is 15.9 Å². The fourth-order valence-electron chi connectivity index (χ4n) is 2.01. The molecule has 20 heavy (non-hydrogen) atoms. The van der Waals surface area contributed by atoms with Crippen molar-refractivity contribution in [1.82, 2.24) is 0 Å². The number of hydrogen-bond acceptors (Lipinski definition) is 5. The van der Waals surface area contributed by atoms with Crippen LogP contribution >= 0.6 is 11.3 Å². The number of amides is 1. The molecule has 106 valence electrons. The zero-order valence-corrected chi connectivity index (χ0v) is 12.0. The highest BCUT2D eigenvalue weighted by Gasteiger charge is 2.36. The first kappa shape index (κ1) is 14.5. The van der Waals surface area contributed by atoms with Crippen molar-refractivity contribution >= 4 is 28.9 Å². The third-order valence-corrected chi connectivity index (χ3v) is 3.91. The number of carbonyl (C=O) groups excluding carboxylic acids is 2. The minimum absolute atomic E-state index is 0.0523. The molecule has 3 N–H and O–H groups in total. The maximum atomic E-state index is 12.0. The molecule has 1 amide bonds. The van der Waals surface area contributed by atoms with Crippen molar-refractivity contribution < 1.29 is 14.3 Å². The first-order chi connectivity index (χ1) is 9.56. The molecule has 0 spiro atoms. The van der Waals surface area contributed by atoms with E-state index in [0.717, 1.165) is 17.7 Å². The van der Waals surface area contributed by atoms with Crippen LogP contribution in [0.3, 0.4) is 0 Å². The molecule has 1 aromatic heterocycles. The van der Waals surface area contributed by atoms with Crippen LogP contribution in [-0.2, 0) is 14.3 Å². The van der Waals surface area contributed by atoms with E-state index in [1.165, 1.54) is 11.3 Å². The van der Waals surface area contributed by atoms with Gasteiger partial charge in [0, 0.05) is 5.57 Å². The minimum Gasteiger partial charge on any atom is -0.462 e. The Labute approximate surface area is 120 Å². The van der Waals surface area contributed by atoms with Gasteiger partial charge in [-0.15, -0.1) is 11.3 Å². The van der Waals surface area contributed by atoms with Gasteiger partial charge in [-0.25, -0.2) is 4.79 Å². The van der Waals surface area contributed by atoms with Crippen LogP contribution in [0, 0.1) is 11.3 Å². The van der Waals surface area contributed by atoms with Crippen LogP contribution in [0.5, 0.6) is 0 Å². The maximum Gasteiger partial charge on any atom is 0.344 e. The Balaban J connectivity index is 2.47. The molecular weight excluding hydrogens is 276 g/mol. The number of ether oxygens (including phenoxy) is 1. The summed E-state index contributed by atoms with van der Waals surface area (Å²) in [5.41, 5.74) is 5.79. The molecule has 0 aromatic carbocycles. The number of allylic oxidation sites excluding steroid dienone is 1. The smallest absolute Gasteiger partial charge is 0.344 e. The fourth-order valence-corrected chi connectivity index (χ4v) is 2.69. The van der Waals surface area contributed by atoms with Crippen LogP contribution < -0.4 is 5.73 Å². The number of nitrogens with two attached hydrogens (primary N) is 1. The van der Waals surface area contributed by atoms with E-state index in [1.807, 2.05) is 11.4 Å². The molecule has 2 rings (SSSR count). The molecule has 0 radical (unpaired) electrons. The second-order valence-electron chi connectivity index (χ2n) is 4.50. The Morgan fingerprint density at radius 2 is 2.20 bits per heavy atom. The lowest BCUT2D eigenvalue weighted by Crippen LogP contribution is -2.27. The van der Waals surface area contributed by atoms with Crippen molar-refractivity contribution in [2.75, 3.05) is 6.61 Å². The van der Waals surface area contributed by atoms with E-state index >= 15 is 0 Å². The Kier molecular flexibility index (Phi) is 4.34. The first-order valence-corrected chi connectivity index (χ1v) is 7.28. The molecule has 0 aliphatic heterocycles. The third-order valence-electron chi connectivity index (χ3n) is 3.02. The number of nitrogens with one attached hydrogen (secondary N) is 1. The number of esters is 1. The molecule has 5 nitrogen and oxygen atoms in total. The molecule has 1 heterocycles. The molecule has 0 unspecified atom stereocenters. The van der Waals surface area contributed by atoms with Gasteiger partial charge in [0.1, 0.15) is 5.57 Å². The van der Waals surface area contributed by atoms with E-state index in [0.29, 0.717) is 5.57 Å². The Hall–Kier alpha value is -1.95. The third kappa shape index (κ3) is 2.96. The van der Waals surface area contributed by atoms with Crippen molar-refractivity contribution in [2.24, 2.45) is 11.7 Å². The quantitative estimate of drug-likeness (QED) is 0.275. The van der Waals surface area contributed by atoms with Crippen LogP contribution in [0.2, 0.25) is 0 Å². The summed E-state index contributed by atoms with van der Waals surface area (Å²) in [6.07, 6.45) is 1.72. The Morgan fingerprint density at radius 1 is 1.50 bits per heavy atom. The highest BCUT2D eigenvalue weighted by atomic mass is 32.1. The monoisotopic (exact) mass is 292 g/mol. The van der Waals surface area contributed by atoms with Gasteiger partial charge >= 0.3 is 5.97 Å². The summed E-state index contributed by atoms with van der Waals surface area (Å²) in [5.74, 6) is -1.51. The summed E-state index contributed by atoms with van der Waals surface area (Å²) in [6.45, 7) is 1.83. The normalized spacial score (nSPS) is 15.4. The predicted octanol–water partition coefficient (Wildman–Crippen LogP) is 1.87. The zero-order chi connectivity index (χ0) is 14.7. The highest BCUT2D eigenvalue weighted by Crippen LogP contribution is 2.40. The molecular formula is C14H16N2O3S. The molecule has 1 aliphatic rings. The molecule has 1 aromatic rings. The Morgan fingerprint density at radius 3 is 2.65 bits per heavy atom. The van der Waals surface area contributed by atoms with E-state index in [1.54, 1.807) is 13.0 Å². The highest BCUT2D eigenvalue weighted by molar-refractivity contribution is 7.12. The number of hydrogen-bond donors (Lipinski definition) is 2. The molecule has 1 saturated carbocycles. The average Bonchev–Trinajstić information content (AvgIpc) is 3.07. The van der Waals surface area contributed by atoms with Gasteiger partial charge in [-0.1, -0.05) is 6.07 Å². The van der Waals surface area contributed by atoms with Gasteiger partial charge < -0.3 is 10.5 Å². The molecule has 1 fully saturated rings. The van der Waals surface area contributed by atoms with E-state index in [9.17, 15) is 9.59 Å². The summed E-state index contributed by atoms with van der Waals surface area (Å²) in [5, 5.41) is 10.1. The zero-order valence-electron chi connectivity index (χ0n) is 11.1. The topological polar surface area (TPSA) is 93.2 Å². The van der Waals surface area contributed by atoms with Crippen molar-refractivity contribution in [3.8, 4) is 0 Å². The standard InChI is InChI=1S/C14H16N2O3S/c1-2-19-14(18)11(13(16)17)10(8-5-6-8)12(15)9-4-3-7-20-9/h3-4,7-8,15H,2,5-6H2,1H3,(H2,16,17)/b11-10+,15-12?. The first-order valence-electron chi connectivity index (χ1n) is 6.40. The minimum atomic E-state index is -0.827. The molecule has 1 aliphatic carbocycles. The SMILES string of the molecule is CCOC(=O)/C(C(N)=O)=C(/C(=N)c1cccs1)C1CC1. The van der Waals surface area contributed by atoms with Crippen LogP contribution in [0.25, 0.3) is 0 Å². The van der Waals surface area contributed by atoms with Crippen molar-refractivity contribution in [3.63, 3.8) is 0 Å². The number of primary amides is 1. The molecule has 0 bridgehead atoms. The van der Waals surface area contributed by atoms with Gasteiger partial charge in [0.25, 0.3) is 5.91 Å². The van der Waals surface area contributed by atoms with Gasteiger partial charge in [-0.05, 0) is 37.1 Å². The van der Waals surface area contributed by atoms with Crippen molar-refractivity contribution in [1.29, 1.82) is 5.41 Å². The summed E-state index contributed by atoms with van der Waals surface area (Å²) in [6, 6.07) is 3.62. The van der Waals surface area contributed by atoms with Crippen LogP contribution in [0.4, 0.5) is 0 Å². The summed E-state index contributed by atoms with van der Waals surface area (Å²) in [4.78, 5) is 24.3. The van der Waals surface area contributed by atoms with Gasteiger partial charge in [-0.3, -0.25) is 10.2 Å². The second kappa shape index (κ2) is 6.00. The van der Waals surface area contributed by atoms with Crippen LogP contribution in [-0.4, -0.2) is 24.2 Å². The van der Waals surface area contributed by atoms with E-state index in [2.05, 4.69) is 0 Å². The fraction of sp³-hybridized carbons (Fsp3) is 0.357. The Bertz CT molecular complexity index is 571. The second-order valence-corrected chi connectivity index (χ2v) is 5.45. The van der Waals surface area contributed by atoms with E-state index < -0.39 is 11.9 Å². The summed E-state index contributed by atoms with van der Waals surface area (Å²) < 4.78 is 4.90. The lowest BCUT2D eigenvalue weighted by molar-refractivity contribution is -0.140. The number of rotatable bonds is 6. The lowest BCUT2D eigenvalue weighted by Gasteiger charge is -2.12. The van der Waals surface area contributed by atoms with E-state index in [-0.39, 0.29) is 23.8 Å². The molecule has 0 atom stereocenters. The number of carbonyl (C=O) groups is 2. The summed E-state index contributed by atoms with van der Waals surface area (Å²) >= 11 is 1.40. The molecule has 0 saturated heterocycles. The average molecular weight is 292 g/mol. The van der Waals surface area contributed by atoms with Crippen molar-refractivity contribution in [2.45, 2.75) is 19.8 Å². The summed E-state index contributed by atoms with van der Waals surface area (Å²) in [7, 11) is 0. The lowest BCUT2D eigenvalue weighted by atomic mass is 9.97. The van der Waals surface area contributed by atoms with Gasteiger partial charge in [0.05, 0.1) is 17.2 Å². The van der Waals surface area contributed by atoms with Crippen LogP contribution in [0.15, 0.2) is 28.7 Å². The largest absolute Gasteiger partial charge is 0.462 e. The van der Waals surface area contributed by atoms with Gasteiger partial charge in [-0.2, -0.15) is 0 Å². The van der Waals surface area contributed by atoms with Crippen LogP contribution in [0.1, 0.15) is 24.6 Å². The predicted molar refractivity (Wildman–Crippen MR) is 76.7 cm³/mol. The number of thiophene rings is 1. The molecule has 6 heteroatoms. The van der Waals surface area contributed by atoms with Crippen molar-refractivity contribution in [3.05, 3.63) is 33.5 Å². The van der Waals surface area contributed by atoms with Gasteiger partial charge in [0.15, 0.2) is 0 Å².